The first-order valence-corrected chi connectivity index (χ1v) is 9.92. The molecule has 1 aliphatic heterocycles. The molecule has 4 rings (SSSR count). The number of amides is 1. The lowest BCUT2D eigenvalue weighted by Gasteiger charge is -2.07. The van der Waals surface area contributed by atoms with Crippen LogP contribution < -0.4 is 10.9 Å². The molecular weight excluding hydrogens is 397 g/mol. The molecule has 3 heterocycles. The van der Waals surface area contributed by atoms with Crippen molar-refractivity contribution < 1.29 is 18.7 Å². The highest BCUT2D eigenvalue weighted by atomic mass is 32.1. The van der Waals surface area contributed by atoms with Crippen LogP contribution in [0.3, 0.4) is 0 Å². The average Bonchev–Trinajstić information content (AvgIpc) is 3.28. The van der Waals surface area contributed by atoms with E-state index in [-0.39, 0.29) is 16.1 Å². The van der Waals surface area contributed by atoms with Crippen LogP contribution in [0.15, 0.2) is 23.0 Å². The maximum absolute atomic E-state index is 13.6. The van der Waals surface area contributed by atoms with E-state index >= 15 is 0 Å². The number of fused-ring (bicyclic) bond motifs is 2. The van der Waals surface area contributed by atoms with Crippen molar-refractivity contribution in [1.82, 2.24) is 9.55 Å². The molecule has 1 aliphatic rings. The van der Waals surface area contributed by atoms with Crippen LogP contribution >= 0.6 is 11.3 Å². The molecule has 0 atom stereocenters. The third-order valence-corrected chi connectivity index (χ3v) is 6.05. The van der Waals surface area contributed by atoms with Crippen molar-refractivity contribution >= 4 is 39.1 Å². The Morgan fingerprint density at radius 1 is 1.34 bits per heavy atom. The summed E-state index contributed by atoms with van der Waals surface area (Å²) in [5.41, 5.74) is 1.11. The molecule has 0 bridgehead atoms. The van der Waals surface area contributed by atoms with Gasteiger partial charge in [-0.3, -0.25) is 14.2 Å². The highest BCUT2D eigenvalue weighted by Crippen LogP contribution is 2.29. The number of esters is 1. The number of rotatable bonds is 4. The van der Waals surface area contributed by atoms with E-state index in [1.165, 1.54) is 6.07 Å². The molecular formula is C20H18FN3O4S. The van der Waals surface area contributed by atoms with Gasteiger partial charge in [-0.25, -0.2) is 14.2 Å². The van der Waals surface area contributed by atoms with E-state index in [9.17, 15) is 18.8 Å². The van der Waals surface area contributed by atoms with Crippen molar-refractivity contribution in [1.29, 1.82) is 0 Å². The molecule has 0 unspecified atom stereocenters. The minimum atomic E-state index is -0.694. The molecule has 0 spiro atoms. The molecule has 1 aromatic carbocycles. The molecule has 0 aliphatic carbocycles. The standard InChI is InChI=1S/C20H18FN3O4S/c1-10-5-6-12(8-13(10)21)22-15(25)9-28-20(27)17-11(2)16-18(29-17)23-14-4-3-7-24(14)19(16)26/h5-6,8H,3-4,7,9H2,1-2H3,(H,22,25). The summed E-state index contributed by atoms with van der Waals surface area (Å²) in [6.45, 7) is 3.40. The molecule has 29 heavy (non-hydrogen) atoms. The van der Waals surface area contributed by atoms with Crippen LogP contribution in [0.4, 0.5) is 10.1 Å². The third kappa shape index (κ3) is 3.53. The van der Waals surface area contributed by atoms with Crippen molar-refractivity contribution in [3.05, 3.63) is 56.2 Å². The number of anilines is 1. The van der Waals surface area contributed by atoms with E-state index in [2.05, 4.69) is 10.3 Å². The molecule has 1 amide bonds. The lowest BCUT2D eigenvalue weighted by atomic mass is 10.2. The highest BCUT2D eigenvalue weighted by Gasteiger charge is 2.24. The number of carbonyl (C=O) groups is 2. The van der Waals surface area contributed by atoms with E-state index in [0.29, 0.717) is 27.9 Å². The number of ether oxygens (including phenoxy) is 1. The molecule has 0 fully saturated rings. The number of hydrogen-bond acceptors (Lipinski definition) is 6. The van der Waals surface area contributed by atoms with E-state index in [4.69, 9.17) is 4.74 Å². The third-order valence-electron chi connectivity index (χ3n) is 4.89. The second-order valence-corrected chi connectivity index (χ2v) is 7.91. The van der Waals surface area contributed by atoms with Crippen LogP contribution in [0.1, 0.15) is 33.0 Å². The number of thiophene rings is 1. The Hall–Kier alpha value is -3.07. The normalized spacial score (nSPS) is 12.8. The highest BCUT2D eigenvalue weighted by molar-refractivity contribution is 7.20. The summed E-state index contributed by atoms with van der Waals surface area (Å²) in [6.07, 6.45) is 1.62. The quantitative estimate of drug-likeness (QED) is 0.662. The molecule has 3 aromatic rings. The predicted molar refractivity (Wildman–Crippen MR) is 107 cm³/mol. The Kier molecular flexibility index (Phi) is 4.91. The van der Waals surface area contributed by atoms with Crippen LogP contribution in [0.2, 0.25) is 0 Å². The fourth-order valence-corrected chi connectivity index (χ4v) is 4.42. The fourth-order valence-electron chi connectivity index (χ4n) is 3.33. The fraction of sp³-hybridized carbons (Fsp3) is 0.300. The SMILES string of the molecule is Cc1ccc(NC(=O)COC(=O)c2sc3nc4n(c(=O)c3c2C)CCC4)cc1F. The number of aryl methyl sites for hydroxylation is 3. The number of hydrogen-bond donors (Lipinski definition) is 1. The zero-order valence-corrected chi connectivity index (χ0v) is 16.7. The van der Waals surface area contributed by atoms with Crippen molar-refractivity contribution in [2.45, 2.75) is 33.2 Å². The summed E-state index contributed by atoms with van der Waals surface area (Å²) >= 11 is 1.09. The maximum Gasteiger partial charge on any atom is 0.349 e. The zero-order chi connectivity index (χ0) is 20.7. The van der Waals surface area contributed by atoms with Crippen molar-refractivity contribution in [2.75, 3.05) is 11.9 Å². The molecule has 1 N–H and O–H groups in total. The maximum atomic E-state index is 13.6. The van der Waals surface area contributed by atoms with Crippen LogP contribution in [-0.2, 0) is 22.5 Å². The lowest BCUT2D eigenvalue weighted by Crippen LogP contribution is -2.21. The first kappa shape index (κ1) is 19.3. The van der Waals surface area contributed by atoms with E-state index in [1.54, 1.807) is 30.5 Å². The summed E-state index contributed by atoms with van der Waals surface area (Å²) in [6, 6.07) is 4.30. The van der Waals surface area contributed by atoms with E-state index in [1.807, 2.05) is 0 Å². The lowest BCUT2D eigenvalue weighted by molar-refractivity contribution is -0.119. The second-order valence-electron chi connectivity index (χ2n) is 6.91. The number of carbonyl (C=O) groups excluding carboxylic acids is 2. The summed E-state index contributed by atoms with van der Waals surface area (Å²) in [7, 11) is 0. The van der Waals surface area contributed by atoms with Gasteiger partial charge in [0.25, 0.3) is 11.5 Å². The predicted octanol–water partition coefficient (Wildman–Crippen LogP) is 2.96. The minimum absolute atomic E-state index is 0.144. The van der Waals surface area contributed by atoms with Crippen LogP contribution in [0.25, 0.3) is 10.2 Å². The van der Waals surface area contributed by atoms with Gasteiger partial charge < -0.3 is 10.1 Å². The molecule has 150 valence electrons. The number of nitrogens with zero attached hydrogens (tertiary/aromatic N) is 2. The van der Waals surface area contributed by atoms with Gasteiger partial charge in [0.2, 0.25) is 0 Å². The van der Waals surface area contributed by atoms with Gasteiger partial charge in [0.05, 0.1) is 5.39 Å². The van der Waals surface area contributed by atoms with Crippen molar-refractivity contribution in [3.63, 3.8) is 0 Å². The Labute approximate surface area is 169 Å². The topological polar surface area (TPSA) is 90.3 Å². The number of benzene rings is 1. The van der Waals surface area contributed by atoms with E-state index in [0.717, 1.165) is 30.0 Å². The summed E-state index contributed by atoms with van der Waals surface area (Å²) < 4.78 is 20.3. The Balaban J connectivity index is 1.48. The van der Waals surface area contributed by atoms with Gasteiger partial charge in [0.15, 0.2) is 6.61 Å². The van der Waals surface area contributed by atoms with Gasteiger partial charge >= 0.3 is 5.97 Å². The Bertz CT molecular complexity index is 1210. The molecule has 9 heteroatoms. The van der Waals surface area contributed by atoms with E-state index < -0.39 is 24.3 Å². The first-order chi connectivity index (χ1) is 13.8. The molecule has 7 nitrogen and oxygen atoms in total. The van der Waals surface area contributed by atoms with Gasteiger partial charge in [0.1, 0.15) is 21.3 Å². The zero-order valence-electron chi connectivity index (χ0n) is 15.9. The second kappa shape index (κ2) is 7.40. The largest absolute Gasteiger partial charge is 0.451 e. The van der Waals surface area contributed by atoms with Crippen LogP contribution in [0.5, 0.6) is 0 Å². The summed E-state index contributed by atoms with van der Waals surface area (Å²) in [4.78, 5) is 42.4. The van der Waals surface area contributed by atoms with Gasteiger partial charge in [-0.1, -0.05) is 6.07 Å². The van der Waals surface area contributed by atoms with Crippen molar-refractivity contribution in [3.8, 4) is 0 Å². The average molecular weight is 415 g/mol. The van der Waals surface area contributed by atoms with Gasteiger partial charge in [-0.2, -0.15) is 0 Å². The molecule has 0 saturated heterocycles. The number of nitrogens with one attached hydrogen (secondary N) is 1. The summed E-state index contributed by atoms with van der Waals surface area (Å²) in [5, 5.41) is 2.90. The smallest absolute Gasteiger partial charge is 0.349 e. The van der Waals surface area contributed by atoms with Gasteiger partial charge in [-0.15, -0.1) is 11.3 Å². The summed E-state index contributed by atoms with van der Waals surface area (Å²) in [5.74, 6) is -0.988. The Morgan fingerprint density at radius 2 is 2.14 bits per heavy atom. The van der Waals surface area contributed by atoms with Gasteiger partial charge in [0, 0.05) is 18.7 Å². The van der Waals surface area contributed by atoms with Crippen LogP contribution in [0, 0.1) is 19.7 Å². The first-order valence-electron chi connectivity index (χ1n) is 9.11. The molecule has 0 saturated carbocycles. The number of halogens is 1. The molecule has 2 aromatic heterocycles. The number of aromatic nitrogens is 2. The van der Waals surface area contributed by atoms with Crippen LogP contribution in [-0.4, -0.2) is 28.0 Å². The monoisotopic (exact) mass is 415 g/mol. The van der Waals surface area contributed by atoms with Crippen molar-refractivity contribution in [2.24, 2.45) is 0 Å². The Morgan fingerprint density at radius 3 is 2.90 bits per heavy atom. The van der Waals surface area contributed by atoms with Gasteiger partial charge in [-0.05, 0) is 43.5 Å². The minimum Gasteiger partial charge on any atom is -0.451 e. The molecule has 0 radical (unpaired) electrons.